The summed E-state index contributed by atoms with van der Waals surface area (Å²) in [5, 5.41) is 23.4. The second-order valence-corrected chi connectivity index (χ2v) is 4.80. The lowest BCUT2D eigenvalue weighted by Crippen LogP contribution is -2.07. The van der Waals surface area contributed by atoms with Crippen LogP contribution in [0, 0.1) is 17.0 Å². The fraction of sp³-hybridized carbons (Fsp3) is 0.267. The van der Waals surface area contributed by atoms with Crippen molar-refractivity contribution in [1.82, 2.24) is 4.98 Å². The van der Waals surface area contributed by atoms with Crippen molar-refractivity contribution in [2.45, 2.75) is 13.3 Å². The summed E-state index contributed by atoms with van der Waals surface area (Å²) >= 11 is 0. The molecule has 0 saturated carbocycles. The van der Waals surface area contributed by atoms with E-state index in [9.17, 15) is 15.2 Å². The molecule has 7 nitrogen and oxygen atoms in total. The standard InChI is InChI=1S/C15H17N3O4/c1-10-7-15(17-9-12(10)18(20)21)16-6-5-11-3-4-13(19)14(8-11)22-2/h3-4,7-9,19H,5-6H2,1-2H3,(H,16,17). The number of nitrogens with one attached hydrogen (secondary N) is 1. The normalized spacial score (nSPS) is 10.3. The molecule has 0 fully saturated rings. The van der Waals surface area contributed by atoms with Gasteiger partial charge in [-0.2, -0.15) is 0 Å². The molecule has 22 heavy (non-hydrogen) atoms. The molecule has 1 heterocycles. The molecule has 0 aliphatic heterocycles. The van der Waals surface area contributed by atoms with Crippen molar-refractivity contribution in [3.63, 3.8) is 0 Å². The van der Waals surface area contributed by atoms with Crippen LogP contribution in [0.3, 0.4) is 0 Å². The summed E-state index contributed by atoms with van der Waals surface area (Å²) in [5.74, 6) is 1.13. The van der Waals surface area contributed by atoms with Gasteiger partial charge in [-0.25, -0.2) is 4.98 Å². The Morgan fingerprint density at radius 1 is 1.41 bits per heavy atom. The van der Waals surface area contributed by atoms with E-state index in [1.54, 1.807) is 25.1 Å². The Labute approximate surface area is 127 Å². The molecule has 7 heteroatoms. The quantitative estimate of drug-likeness (QED) is 0.629. The van der Waals surface area contributed by atoms with E-state index in [2.05, 4.69) is 10.3 Å². The van der Waals surface area contributed by atoms with Crippen LogP contribution in [-0.4, -0.2) is 28.7 Å². The largest absolute Gasteiger partial charge is 0.504 e. The highest BCUT2D eigenvalue weighted by atomic mass is 16.6. The second kappa shape index (κ2) is 6.75. The van der Waals surface area contributed by atoms with Gasteiger partial charge in [0.15, 0.2) is 11.5 Å². The number of phenols is 1. The first-order valence-electron chi connectivity index (χ1n) is 6.72. The van der Waals surface area contributed by atoms with Gasteiger partial charge in [0, 0.05) is 12.1 Å². The molecule has 2 aromatic rings. The van der Waals surface area contributed by atoms with Crippen molar-refractivity contribution in [3.05, 3.63) is 51.7 Å². The van der Waals surface area contributed by atoms with Gasteiger partial charge in [0.05, 0.1) is 12.0 Å². The number of hydrogen-bond donors (Lipinski definition) is 2. The highest BCUT2D eigenvalue weighted by Crippen LogP contribution is 2.26. The number of methoxy groups -OCH3 is 1. The third-order valence-corrected chi connectivity index (χ3v) is 3.24. The first kappa shape index (κ1) is 15.6. The topological polar surface area (TPSA) is 97.5 Å². The maximum absolute atomic E-state index is 10.7. The lowest BCUT2D eigenvalue weighted by molar-refractivity contribution is -0.385. The molecule has 0 atom stereocenters. The number of ether oxygens (including phenoxy) is 1. The average molecular weight is 303 g/mol. The lowest BCUT2D eigenvalue weighted by Gasteiger charge is -2.08. The molecule has 0 radical (unpaired) electrons. The molecular formula is C15H17N3O4. The number of aromatic hydroxyl groups is 1. The first-order chi connectivity index (χ1) is 10.5. The molecule has 0 aliphatic rings. The molecule has 1 aromatic heterocycles. The fourth-order valence-corrected chi connectivity index (χ4v) is 2.05. The number of aromatic nitrogens is 1. The summed E-state index contributed by atoms with van der Waals surface area (Å²) in [7, 11) is 1.50. The van der Waals surface area contributed by atoms with E-state index in [-0.39, 0.29) is 11.4 Å². The van der Waals surface area contributed by atoms with Crippen LogP contribution in [-0.2, 0) is 6.42 Å². The molecule has 0 unspecified atom stereocenters. The number of nitrogens with zero attached hydrogens (tertiary/aromatic N) is 2. The Bertz CT molecular complexity index is 688. The molecule has 0 bridgehead atoms. The molecule has 2 N–H and O–H groups in total. The van der Waals surface area contributed by atoms with Gasteiger partial charge in [-0.1, -0.05) is 6.07 Å². The van der Waals surface area contributed by atoms with Crippen LogP contribution >= 0.6 is 0 Å². The number of aryl methyl sites for hydroxylation is 1. The van der Waals surface area contributed by atoms with Crippen LogP contribution in [0.2, 0.25) is 0 Å². The van der Waals surface area contributed by atoms with Gasteiger partial charge < -0.3 is 15.2 Å². The van der Waals surface area contributed by atoms with Crippen LogP contribution in [0.25, 0.3) is 0 Å². The van der Waals surface area contributed by atoms with Crippen molar-refractivity contribution in [2.75, 3.05) is 19.0 Å². The molecule has 0 amide bonds. The number of benzene rings is 1. The number of phenolic OH excluding ortho intramolecular Hbond substituents is 1. The minimum absolute atomic E-state index is 0.00817. The van der Waals surface area contributed by atoms with Crippen molar-refractivity contribution in [3.8, 4) is 11.5 Å². The summed E-state index contributed by atoms with van der Waals surface area (Å²) in [5.41, 5.74) is 1.57. The van der Waals surface area contributed by atoms with Gasteiger partial charge in [-0.3, -0.25) is 10.1 Å². The predicted octanol–water partition coefficient (Wildman–Crippen LogP) is 2.67. The molecule has 0 saturated heterocycles. The summed E-state index contributed by atoms with van der Waals surface area (Å²) in [6, 6.07) is 6.82. The molecule has 116 valence electrons. The molecule has 0 spiro atoms. The highest BCUT2D eigenvalue weighted by Gasteiger charge is 2.11. The number of pyridine rings is 1. The van der Waals surface area contributed by atoms with E-state index >= 15 is 0 Å². The van der Waals surface area contributed by atoms with Gasteiger partial charge in [-0.05, 0) is 37.1 Å². The van der Waals surface area contributed by atoms with Crippen molar-refractivity contribution < 1.29 is 14.8 Å². The Hall–Kier alpha value is -2.83. The fourth-order valence-electron chi connectivity index (χ4n) is 2.05. The maximum Gasteiger partial charge on any atom is 0.290 e. The van der Waals surface area contributed by atoms with Crippen LogP contribution in [0.1, 0.15) is 11.1 Å². The summed E-state index contributed by atoms with van der Waals surface area (Å²) in [6.45, 7) is 2.29. The summed E-state index contributed by atoms with van der Waals surface area (Å²) in [6.07, 6.45) is 1.95. The monoisotopic (exact) mass is 303 g/mol. The van der Waals surface area contributed by atoms with Crippen LogP contribution in [0.5, 0.6) is 11.5 Å². The highest BCUT2D eigenvalue weighted by molar-refractivity contribution is 5.47. The van der Waals surface area contributed by atoms with Gasteiger partial charge in [0.2, 0.25) is 0 Å². The van der Waals surface area contributed by atoms with Crippen LogP contribution in [0.4, 0.5) is 11.5 Å². The van der Waals surface area contributed by atoms with Crippen LogP contribution < -0.4 is 10.1 Å². The van der Waals surface area contributed by atoms with Gasteiger partial charge >= 0.3 is 0 Å². The number of nitro groups is 1. The average Bonchev–Trinajstić information content (AvgIpc) is 2.48. The Balaban J connectivity index is 1.96. The van der Waals surface area contributed by atoms with Crippen molar-refractivity contribution in [2.24, 2.45) is 0 Å². The van der Waals surface area contributed by atoms with Gasteiger partial charge in [0.25, 0.3) is 5.69 Å². The minimum Gasteiger partial charge on any atom is -0.504 e. The summed E-state index contributed by atoms with van der Waals surface area (Å²) < 4.78 is 5.05. The first-order valence-corrected chi connectivity index (χ1v) is 6.72. The second-order valence-electron chi connectivity index (χ2n) is 4.80. The maximum atomic E-state index is 10.7. The molecule has 2 rings (SSSR count). The zero-order chi connectivity index (χ0) is 16.1. The van der Waals surface area contributed by atoms with E-state index < -0.39 is 4.92 Å². The zero-order valence-electron chi connectivity index (χ0n) is 12.4. The SMILES string of the molecule is COc1cc(CCNc2cc(C)c([N+](=O)[O-])cn2)ccc1O. The third kappa shape index (κ3) is 3.63. The van der Waals surface area contributed by atoms with E-state index in [1.165, 1.54) is 13.3 Å². The molecule has 1 aromatic carbocycles. The van der Waals surface area contributed by atoms with Crippen LogP contribution in [0.15, 0.2) is 30.5 Å². The van der Waals surface area contributed by atoms with E-state index in [0.717, 1.165) is 5.56 Å². The molecule has 0 aliphatic carbocycles. The van der Waals surface area contributed by atoms with Gasteiger partial charge in [0.1, 0.15) is 12.0 Å². The van der Waals surface area contributed by atoms with E-state index in [4.69, 9.17) is 4.74 Å². The zero-order valence-corrected chi connectivity index (χ0v) is 12.4. The lowest BCUT2D eigenvalue weighted by atomic mass is 10.1. The Morgan fingerprint density at radius 2 is 2.18 bits per heavy atom. The van der Waals surface area contributed by atoms with E-state index in [1.807, 2.05) is 6.07 Å². The van der Waals surface area contributed by atoms with Crippen molar-refractivity contribution >= 4 is 11.5 Å². The minimum atomic E-state index is -0.450. The third-order valence-electron chi connectivity index (χ3n) is 3.24. The predicted molar refractivity (Wildman–Crippen MR) is 82.5 cm³/mol. The Morgan fingerprint density at radius 3 is 2.82 bits per heavy atom. The smallest absolute Gasteiger partial charge is 0.290 e. The number of anilines is 1. The molecular weight excluding hydrogens is 286 g/mol. The Kier molecular flexibility index (Phi) is 4.77. The van der Waals surface area contributed by atoms with Crippen molar-refractivity contribution in [1.29, 1.82) is 0 Å². The number of rotatable bonds is 6. The van der Waals surface area contributed by atoms with Gasteiger partial charge in [-0.15, -0.1) is 0 Å². The number of hydrogen-bond acceptors (Lipinski definition) is 6. The summed E-state index contributed by atoms with van der Waals surface area (Å²) in [4.78, 5) is 14.3. The van der Waals surface area contributed by atoms with E-state index in [0.29, 0.717) is 30.1 Å².